The van der Waals surface area contributed by atoms with Gasteiger partial charge in [-0.05, 0) is 0 Å². The van der Waals surface area contributed by atoms with E-state index < -0.39 is 12.0 Å². The van der Waals surface area contributed by atoms with Crippen molar-refractivity contribution in [2.45, 2.75) is 18.9 Å². The fraction of sp³-hybridized carbons (Fsp3) is 0.429. The van der Waals surface area contributed by atoms with E-state index in [1.165, 1.54) is 18.6 Å². The number of rotatable bonds is 2. The highest BCUT2D eigenvalue weighted by atomic mass is 19.3. The fourth-order valence-corrected chi connectivity index (χ4v) is 0.731. The van der Waals surface area contributed by atoms with Gasteiger partial charge in [-0.25, -0.2) is 8.78 Å². The van der Waals surface area contributed by atoms with Gasteiger partial charge in [-0.1, -0.05) is 0 Å². The molecule has 1 aromatic heterocycles. The summed E-state index contributed by atoms with van der Waals surface area (Å²) in [4.78, 5) is 7.32. The van der Waals surface area contributed by atoms with Crippen LogP contribution in [0.2, 0.25) is 0 Å². The first-order chi connectivity index (χ1) is 5.52. The highest BCUT2D eigenvalue weighted by molar-refractivity contribution is 5.04. The second-order valence-corrected chi connectivity index (χ2v) is 2.56. The maximum Gasteiger partial charge on any atom is 0.265 e. The lowest BCUT2D eigenvalue weighted by atomic mass is 10.1. The first-order valence-corrected chi connectivity index (χ1v) is 3.41. The lowest BCUT2D eigenvalue weighted by molar-refractivity contribution is -0.00756. The Labute approximate surface area is 68.6 Å². The van der Waals surface area contributed by atoms with Gasteiger partial charge in [0.2, 0.25) is 0 Å². The minimum atomic E-state index is -2.96. The molecule has 0 radical (unpaired) electrons. The molecule has 66 valence electrons. The van der Waals surface area contributed by atoms with Crippen LogP contribution in [0, 0.1) is 0 Å². The van der Waals surface area contributed by atoms with Crippen molar-refractivity contribution in [2.24, 2.45) is 5.73 Å². The van der Waals surface area contributed by atoms with Crippen molar-refractivity contribution in [3.05, 3.63) is 24.3 Å². The molecule has 0 aliphatic rings. The molecule has 0 fully saturated rings. The molecule has 1 unspecified atom stereocenters. The van der Waals surface area contributed by atoms with Gasteiger partial charge in [0.05, 0.1) is 11.9 Å². The molecular weight excluding hydrogens is 164 g/mol. The topological polar surface area (TPSA) is 51.8 Å². The predicted molar refractivity (Wildman–Crippen MR) is 39.6 cm³/mol. The lowest BCUT2D eigenvalue weighted by Crippen LogP contribution is -2.30. The van der Waals surface area contributed by atoms with Crippen LogP contribution in [-0.2, 0) is 0 Å². The summed E-state index contributed by atoms with van der Waals surface area (Å²) in [6.07, 6.45) is 3.98. The van der Waals surface area contributed by atoms with Crippen LogP contribution in [0.3, 0.4) is 0 Å². The molecule has 1 heterocycles. The molecule has 0 bridgehead atoms. The van der Waals surface area contributed by atoms with Crippen LogP contribution >= 0.6 is 0 Å². The van der Waals surface area contributed by atoms with Gasteiger partial charge >= 0.3 is 0 Å². The number of hydrogen-bond donors (Lipinski definition) is 1. The third-order valence-electron chi connectivity index (χ3n) is 1.45. The third kappa shape index (κ3) is 1.94. The molecule has 0 amide bonds. The maximum absolute atomic E-state index is 12.6. The molecule has 0 aromatic carbocycles. The Morgan fingerprint density at radius 2 is 2.17 bits per heavy atom. The summed E-state index contributed by atoms with van der Waals surface area (Å²) in [5.74, 6) is -2.96. The molecule has 2 N–H and O–H groups in total. The average molecular weight is 173 g/mol. The molecule has 1 atom stereocenters. The first kappa shape index (κ1) is 8.99. The monoisotopic (exact) mass is 173 g/mol. The van der Waals surface area contributed by atoms with Gasteiger partial charge in [0.15, 0.2) is 0 Å². The van der Waals surface area contributed by atoms with E-state index in [4.69, 9.17) is 5.73 Å². The standard InChI is InChI=1S/C7H9F2N3/c1-7(8,9)6(10)5-4-11-2-3-12-5/h2-4,6H,10H2,1H3. The smallest absolute Gasteiger partial charge is 0.265 e. The van der Waals surface area contributed by atoms with Gasteiger partial charge in [-0.3, -0.25) is 9.97 Å². The molecule has 0 spiro atoms. The van der Waals surface area contributed by atoms with Crippen LogP contribution in [0.25, 0.3) is 0 Å². The molecule has 0 aliphatic heterocycles. The second kappa shape index (κ2) is 3.10. The Balaban J connectivity index is 2.86. The van der Waals surface area contributed by atoms with Gasteiger partial charge in [-0.2, -0.15) is 0 Å². The van der Waals surface area contributed by atoms with Gasteiger partial charge in [-0.15, -0.1) is 0 Å². The van der Waals surface area contributed by atoms with Gasteiger partial charge < -0.3 is 5.73 Å². The normalized spacial score (nSPS) is 14.3. The van der Waals surface area contributed by atoms with E-state index in [2.05, 4.69) is 9.97 Å². The summed E-state index contributed by atoms with van der Waals surface area (Å²) in [6, 6.07) is -1.38. The Morgan fingerprint density at radius 3 is 2.58 bits per heavy atom. The molecule has 3 nitrogen and oxygen atoms in total. The number of alkyl halides is 2. The van der Waals surface area contributed by atoms with Crippen molar-refractivity contribution in [1.29, 1.82) is 0 Å². The van der Waals surface area contributed by atoms with Crippen LogP contribution < -0.4 is 5.73 Å². The number of hydrogen-bond acceptors (Lipinski definition) is 3. The molecule has 0 saturated heterocycles. The van der Waals surface area contributed by atoms with E-state index in [9.17, 15) is 8.78 Å². The van der Waals surface area contributed by atoms with Gasteiger partial charge in [0, 0.05) is 19.3 Å². The quantitative estimate of drug-likeness (QED) is 0.729. The second-order valence-electron chi connectivity index (χ2n) is 2.56. The van der Waals surface area contributed by atoms with E-state index in [0.717, 1.165) is 6.92 Å². The third-order valence-corrected chi connectivity index (χ3v) is 1.45. The van der Waals surface area contributed by atoms with E-state index in [-0.39, 0.29) is 5.69 Å². The Kier molecular flexibility index (Phi) is 2.32. The molecule has 1 rings (SSSR count). The van der Waals surface area contributed by atoms with E-state index >= 15 is 0 Å². The molecule has 12 heavy (non-hydrogen) atoms. The molecule has 1 aromatic rings. The van der Waals surface area contributed by atoms with E-state index in [0.29, 0.717) is 0 Å². The van der Waals surface area contributed by atoms with Crippen molar-refractivity contribution in [2.75, 3.05) is 0 Å². The first-order valence-electron chi connectivity index (χ1n) is 3.41. The summed E-state index contributed by atoms with van der Waals surface area (Å²) in [5, 5.41) is 0. The summed E-state index contributed by atoms with van der Waals surface area (Å²) in [5.41, 5.74) is 5.32. The van der Waals surface area contributed by atoms with E-state index in [1.54, 1.807) is 0 Å². The van der Waals surface area contributed by atoms with E-state index in [1.807, 2.05) is 0 Å². The maximum atomic E-state index is 12.6. The average Bonchev–Trinajstić information content (AvgIpc) is 2.03. The Bertz CT molecular complexity index is 245. The summed E-state index contributed by atoms with van der Waals surface area (Å²) >= 11 is 0. The summed E-state index contributed by atoms with van der Waals surface area (Å²) in [7, 11) is 0. The van der Waals surface area contributed by atoms with Crippen molar-refractivity contribution >= 4 is 0 Å². The number of nitrogens with two attached hydrogens (primary N) is 1. The van der Waals surface area contributed by atoms with Crippen molar-refractivity contribution in [3.8, 4) is 0 Å². The SMILES string of the molecule is CC(F)(F)C(N)c1cnccn1. The zero-order valence-electron chi connectivity index (χ0n) is 6.54. The van der Waals surface area contributed by atoms with Crippen molar-refractivity contribution < 1.29 is 8.78 Å². The highest BCUT2D eigenvalue weighted by Gasteiger charge is 2.33. The molecular formula is C7H9F2N3. The highest BCUT2D eigenvalue weighted by Crippen LogP contribution is 2.26. The van der Waals surface area contributed by atoms with Gasteiger partial charge in [0.1, 0.15) is 6.04 Å². The minimum Gasteiger partial charge on any atom is -0.318 e. The lowest BCUT2D eigenvalue weighted by Gasteiger charge is -2.17. The Morgan fingerprint density at radius 1 is 1.50 bits per heavy atom. The molecule has 0 aliphatic carbocycles. The van der Waals surface area contributed by atoms with Crippen LogP contribution in [-0.4, -0.2) is 15.9 Å². The fourth-order valence-electron chi connectivity index (χ4n) is 0.731. The van der Waals surface area contributed by atoms with Gasteiger partial charge in [0.25, 0.3) is 5.92 Å². The van der Waals surface area contributed by atoms with Crippen LogP contribution in [0.5, 0.6) is 0 Å². The molecule has 0 saturated carbocycles. The Hall–Kier alpha value is -1.10. The van der Waals surface area contributed by atoms with Crippen molar-refractivity contribution in [1.82, 2.24) is 9.97 Å². The van der Waals surface area contributed by atoms with Crippen LogP contribution in [0.15, 0.2) is 18.6 Å². The zero-order valence-corrected chi connectivity index (χ0v) is 6.54. The number of nitrogens with zero attached hydrogens (tertiary/aromatic N) is 2. The predicted octanol–water partition coefficient (Wildman–Crippen LogP) is 1.13. The number of aromatic nitrogens is 2. The number of halogens is 2. The minimum absolute atomic E-state index is 0.102. The summed E-state index contributed by atoms with van der Waals surface area (Å²) < 4.78 is 25.2. The largest absolute Gasteiger partial charge is 0.318 e. The van der Waals surface area contributed by atoms with Crippen molar-refractivity contribution in [3.63, 3.8) is 0 Å². The molecule has 5 heteroatoms. The van der Waals surface area contributed by atoms with Crippen LogP contribution in [0.1, 0.15) is 18.7 Å². The summed E-state index contributed by atoms with van der Waals surface area (Å²) in [6.45, 7) is 0.756. The zero-order chi connectivity index (χ0) is 9.19. The van der Waals surface area contributed by atoms with Crippen LogP contribution in [0.4, 0.5) is 8.78 Å².